The Morgan fingerprint density at radius 3 is 2.82 bits per heavy atom. The van der Waals surface area contributed by atoms with Gasteiger partial charge in [0.25, 0.3) is 0 Å². The Morgan fingerprint density at radius 1 is 1.29 bits per heavy atom. The summed E-state index contributed by atoms with van der Waals surface area (Å²) in [7, 11) is 1.67. The summed E-state index contributed by atoms with van der Waals surface area (Å²) < 4.78 is 16.3. The first-order valence-electron chi connectivity index (χ1n) is 8.56. The molecule has 2 aromatic heterocycles. The van der Waals surface area contributed by atoms with Crippen molar-refractivity contribution in [3.63, 3.8) is 0 Å². The number of carbonyl (C=O) groups is 1. The van der Waals surface area contributed by atoms with Crippen LogP contribution in [-0.4, -0.2) is 27.7 Å². The summed E-state index contributed by atoms with van der Waals surface area (Å²) in [6.45, 7) is 1.72. The average molecular weight is 415 g/mol. The Balaban J connectivity index is 1.58. The van der Waals surface area contributed by atoms with Gasteiger partial charge in [-0.3, -0.25) is 4.79 Å². The number of likely N-dealkylation sites (N-methyl/N-ethyl adjacent to an activating group) is 1. The first kappa shape index (κ1) is 18.6. The second-order valence-corrected chi connectivity index (χ2v) is 7.87. The number of carbonyl (C=O) groups excluding carboxylic acids is 1. The van der Waals surface area contributed by atoms with Gasteiger partial charge in [-0.2, -0.15) is 5.10 Å². The maximum absolute atomic E-state index is 13.6. The quantitative estimate of drug-likeness (QED) is 0.470. The highest BCUT2D eigenvalue weighted by molar-refractivity contribution is 7.20. The number of nitrogens with zero attached hydrogens (tertiary/aromatic N) is 4. The molecule has 2 heterocycles. The van der Waals surface area contributed by atoms with Crippen molar-refractivity contribution in [2.75, 3.05) is 11.9 Å². The molecule has 0 spiro atoms. The van der Waals surface area contributed by atoms with Gasteiger partial charge in [-0.05, 0) is 42.8 Å². The fraction of sp³-hybridized carbons (Fsp3) is 0.150. The van der Waals surface area contributed by atoms with Crippen molar-refractivity contribution in [2.45, 2.75) is 12.8 Å². The van der Waals surface area contributed by atoms with Crippen molar-refractivity contribution in [2.24, 2.45) is 0 Å². The number of thiazole rings is 1. The van der Waals surface area contributed by atoms with Crippen LogP contribution in [0, 0.1) is 5.82 Å². The molecule has 0 aliphatic carbocycles. The molecule has 2 aromatic carbocycles. The molecule has 0 saturated heterocycles. The summed E-state index contributed by atoms with van der Waals surface area (Å²) in [5, 5.41) is 5.32. The van der Waals surface area contributed by atoms with Gasteiger partial charge in [0.15, 0.2) is 0 Å². The number of aromatic nitrogens is 3. The fourth-order valence-electron chi connectivity index (χ4n) is 2.93. The second-order valence-electron chi connectivity index (χ2n) is 6.43. The van der Waals surface area contributed by atoms with Crippen molar-refractivity contribution < 1.29 is 9.18 Å². The minimum absolute atomic E-state index is 0.189. The molecule has 0 fully saturated rings. The molecule has 0 saturated carbocycles. The summed E-state index contributed by atoms with van der Waals surface area (Å²) >= 11 is 7.44. The zero-order valence-corrected chi connectivity index (χ0v) is 16.7. The van der Waals surface area contributed by atoms with E-state index in [0.29, 0.717) is 11.3 Å². The number of anilines is 1. The van der Waals surface area contributed by atoms with E-state index in [2.05, 4.69) is 10.1 Å². The Labute approximate surface area is 170 Å². The van der Waals surface area contributed by atoms with E-state index < -0.39 is 11.7 Å². The Bertz CT molecular complexity index is 1120. The summed E-state index contributed by atoms with van der Waals surface area (Å²) in [5.74, 6) is -1.21. The number of halogens is 2. The predicted octanol–water partition coefficient (Wildman–Crippen LogP) is 5.04. The van der Waals surface area contributed by atoms with Crippen molar-refractivity contribution in [1.29, 1.82) is 0 Å². The van der Waals surface area contributed by atoms with Crippen LogP contribution in [0.2, 0.25) is 5.02 Å². The minimum Gasteiger partial charge on any atom is -0.312 e. The molecule has 0 unspecified atom stereocenters. The van der Waals surface area contributed by atoms with Crippen LogP contribution in [0.15, 0.2) is 54.9 Å². The van der Waals surface area contributed by atoms with Gasteiger partial charge in [-0.25, -0.2) is 14.1 Å². The number of rotatable bonds is 4. The van der Waals surface area contributed by atoms with E-state index in [1.807, 2.05) is 24.3 Å². The zero-order chi connectivity index (χ0) is 19.8. The van der Waals surface area contributed by atoms with Crippen LogP contribution in [-0.2, 0) is 4.79 Å². The standard InChI is InChI=1S/C20H16ClFN4OS/c1-12(13-7-14(21)9-15(22)8-13)19(27)25(2)16-10-23-26(11-16)20-24-17-5-3-4-6-18(17)28-20/h3-12H,1-2H3/t12-/m1/s1. The molecule has 4 aromatic rings. The van der Waals surface area contributed by atoms with Crippen LogP contribution in [0.25, 0.3) is 15.3 Å². The van der Waals surface area contributed by atoms with Crippen molar-refractivity contribution >= 4 is 44.7 Å². The number of amides is 1. The van der Waals surface area contributed by atoms with Crippen LogP contribution in [0.4, 0.5) is 10.1 Å². The Kier molecular flexibility index (Phi) is 4.87. The van der Waals surface area contributed by atoms with Crippen LogP contribution in [0.1, 0.15) is 18.4 Å². The van der Waals surface area contributed by atoms with E-state index in [9.17, 15) is 9.18 Å². The lowest BCUT2D eigenvalue weighted by Crippen LogP contribution is -2.30. The van der Waals surface area contributed by atoms with Gasteiger partial charge in [0.1, 0.15) is 5.82 Å². The highest BCUT2D eigenvalue weighted by Crippen LogP contribution is 2.27. The van der Waals surface area contributed by atoms with Crippen LogP contribution < -0.4 is 4.90 Å². The molecule has 1 amide bonds. The van der Waals surface area contributed by atoms with Crippen molar-refractivity contribution in [3.8, 4) is 5.13 Å². The number of para-hydroxylation sites is 1. The molecule has 0 N–H and O–H groups in total. The number of benzene rings is 2. The molecule has 8 heteroatoms. The third-order valence-electron chi connectivity index (χ3n) is 4.52. The zero-order valence-electron chi connectivity index (χ0n) is 15.1. The monoisotopic (exact) mass is 414 g/mol. The van der Waals surface area contributed by atoms with Gasteiger partial charge in [-0.1, -0.05) is 35.1 Å². The molecule has 1 atom stereocenters. The van der Waals surface area contributed by atoms with E-state index in [1.54, 1.807) is 37.1 Å². The Morgan fingerprint density at radius 2 is 2.07 bits per heavy atom. The largest absolute Gasteiger partial charge is 0.312 e. The van der Waals surface area contributed by atoms with E-state index >= 15 is 0 Å². The summed E-state index contributed by atoms with van der Waals surface area (Å²) in [5.41, 5.74) is 2.06. The fourth-order valence-corrected chi connectivity index (χ4v) is 4.06. The third-order valence-corrected chi connectivity index (χ3v) is 5.77. The first-order valence-corrected chi connectivity index (χ1v) is 9.76. The molecular formula is C20H16ClFN4OS. The maximum atomic E-state index is 13.6. The van der Waals surface area contributed by atoms with E-state index in [-0.39, 0.29) is 10.9 Å². The molecule has 0 radical (unpaired) electrons. The highest BCUT2D eigenvalue weighted by atomic mass is 35.5. The number of hydrogen-bond acceptors (Lipinski definition) is 4. The normalized spacial score (nSPS) is 12.3. The van der Waals surface area contributed by atoms with Gasteiger partial charge in [0.05, 0.1) is 34.2 Å². The third kappa shape index (κ3) is 3.50. The molecule has 4 rings (SSSR count). The van der Waals surface area contributed by atoms with Gasteiger partial charge in [0.2, 0.25) is 11.0 Å². The van der Waals surface area contributed by atoms with Gasteiger partial charge in [0, 0.05) is 12.1 Å². The molecule has 0 aliphatic rings. The van der Waals surface area contributed by atoms with E-state index in [0.717, 1.165) is 15.3 Å². The molecule has 0 aliphatic heterocycles. The number of hydrogen-bond donors (Lipinski definition) is 0. The maximum Gasteiger partial charge on any atom is 0.234 e. The second kappa shape index (κ2) is 7.33. The van der Waals surface area contributed by atoms with E-state index in [4.69, 9.17) is 11.6 Å². The lowest BCUT2D eigenvalue weighted by Gasteiger charge is -2.20. The first-order chi connectivity index (χ1) is 13.4. The molecule has 28 heavy (non-hydrogen) atoms. The van der Waals surface area contributed by atoms with E-state index in [1.165, 1.54) is 28.4 Å². The van der Waals surface area contributed by atoms with Gasteiger partial charge < -0.3 is 4.90 Å². The smallest absolute Gasteiger partial charge is 0.234 e. The minimum atomic E-state index is -0.552. The highest BCUT2D eigenvalue weighted by Gasteiger charge is 2.22. The van der Waals surface area contributed by atoms with Crippen LogP contribution >= 0.6 is 22.9 Å². The summed E-state index contributed by atoms with van der Waals surface area (Å²) in [4.78, 5) is 18.9. The van der Waals surface area contributed by atoms with Gasteiger partial charge >= 0.3 is 0 Å². The van der Waals surface area contributed by atoms with Crippen LogP contribution in [0.3, 0.4) is 0 Å². The molecule has 5 nitrogen and oxygen atoms in total. The predicted molar refractivity (Wildman–Crippen MR) is 110 cm³/mol. The SMILES string of the molecule is C[C@@H](C(=O)N(C)c1cnn(-c2nc3ccccc3s2)c1)c1cc(F)cc(Cl)c1. The van der Waals surface area contributed by atoms with Crippen molar-refractivity contribution in [1.82, 2.24) is 14.8 Å². The molecular weight excluding hydrogens is 399 g/mol. The summed E-state index contributed by atoms with van der Waals surface area (Å²) in [6, 6.07) is 12.0. The average Bonchev–Trinajstić information content (AvgIpc) is 3.32. The topological polar surface area (TPSA) is 51.0 Å². The number of fused-ring (bicyclic) bond motifs is 1. The van der Waals surface area contributed by atoms with Crippen molar-refractivity contribution in [3.05, 3.63) is 71.3 Å². The lowest BCUT2D eigenvalue weighted by atomic mass is 9.99. The molecule has 0 bridgehead atoms. The van der Waals surface area contributed by atoms with Crippen LogP contribution in [0.5, 0.6) is 0 Å². The molecule has 142 valence electrons. The lowest BCUT2D eigenvalue weighted by molar-refractivity contribution is -0.119. The summed E-state index contributed by atoms with van der Waals surface area (Å²) in [6.07, 6.45) is 3.36. The Hall–Kier alpha value is -2.77. The van der Waals surface area contributed by atoms with Gasteiger partial charge in [-0.15, -0.1) is 0 Å².